The molecule has 22 heavy (non-hydrogen) atoms. The zero-order valence-corrected chi connectivity index (χ0v) is 14.8. The quantitative estimate of drug-likeness (QED) is 0.375. The molecule has 0 atom stereocenters. The molecule has 0 radical (unpaired) electrons. The second kappa shape index (κ2) is 15.3. The summed E-state index contributed by atoms with van der Waals surface area (Å²) in [6, 6.07) is 11.7. The van der Waals surface area contributed by atoms with Gasteiger partial charge in [0.15, 0.2) is 5.75 Å². The summed E-state index contributed by atoms with van der Waals surface area (Å²) >= 11 is 0. The predicted octanol–water partition coefficient (Wildman–Crippen LogP) is 6.80. The lowest BCUT2D eigenvalue weighted by molar-refractivity contribution is -0.136. The maximum Gasteiger partial charge on any atom is 0.175 e. The molecule has 0 bridgehead atoms. The average Bonchev–Trinajstić information content (AvgIpc) is 2.60. The summed E-state index contributed by atoms with van der Waals surface area (Å²) in [4.78, 5) is 4.36. The standard InChI is InChI=1S/C11H10O2.C5H8.2C2H6/c1-8-6-7-9-4-2-3-5-10(9)11(8)13-12;1-3-5-4-2;2*1-2/h2-7,12H,1H3;3-5H,1H2,2H3;2*1-2H3/b;5-4-;;. The number of fused-ring (bicyclic) bond motifs is 1. The van der Waals surface area contributed by atoms with E-state index in [2.05, 4.69) is 11.5 Å². The fourth-order valence-corrected chi connectivity index (χ4v) is 1.61. The van der Waals surface area contributed by atoms with Crippen molar-refractivity contribution < 1.29 is 10.1 Å². The lowest BCUT2D eigenvalue weighted by atomic mass is 10.1. The van der Waals surface area contributed by atoms with Gasteiger partial charge in [-0.25, -0.2) is 5.26 Å². The van der Waals surface area contributed by atoms with Crippen LogP contribution in [0.4, 0.5) is 0 Å². The van der Waals surface area contributed by atoms with Gasteiger partial charge in [0, 0.05) is 5.39 Å². The van der Waals surface area contributed by atoms with Crippen molar-refractivity contribution in [1.29, 1.82) is 0 Å². The smallest absolute Gasteiger partial charge is 0.175 e. The van der Waals surface area contributed by atoms with Crippen molar-refractivity contribution in [3.63, 3.8) is 0 Å². The second-order valence-corrected chi connectivity index (χ2v) is 3.79. The number of benzene rings is 2. The van der Waals surface area contributed by atoms with Crippen LogP contribution in [0.3, 0.4) is 0 Å². The fraction of sp³-hybridized carbons (Fsp3) is 0.300. The van der Waals surface area contributed by atoms with E-state index in [0.717, 1.165) is 16.3 Å². The number of rotatable bonds is 2. The van der Waals surface area contributed by atoms with E-state index in [1.807, 2.05) is 90.1 Å². The third kappa shape index (κ3) is 7.65. The molecule has 2 aromatic carbocycles. The van der Waals surface area contributed by atoms with Crippen LogP contribution in [0.5, 0.6) is 5.75 Å². The van der Waals surface area contributed by atoms with Gasteiger partial charge in [-0.3, -0.25) is 0 Å². The molecule has 0 fully saturated rings. The number of hydrogen-bond acceptors (Lipinski definition) is 2. The molecule has 122 valence electrons. The normalized spacial score (nSPS) is 8.68. The molecule has 2 rings (SSSR count). The van der Waals surface area contributed by atoms with Crippen LogP contribution < -0.4 is 4.89 Å². The molecule has 0 aliphatic carbocycles. The first kappa shape index (κ1) is 22.2. The molecule has 0 spiro atoms. The van der Waals surface area contributed by atoms with Gasteiger partial charge in [-0.05, 0) is 24.8 Å². The monoisotopic (exact) mass is 302 g/mol. The van der Waals surface area contributed by atoms with Gasteiger partial charge in [0.05, 0.1) is 0 Å². The first-order valence-corrected chi connectivity index (χ1v) is 7.78. The van der Waals surface area contributed by atoms with Gasteiger partial charge in [-0.2, -0.15) is 0 Å². The first-order valence-electron chi connectivity index (χ1n) is 7.78. The largest absolute Gasteiger partial charge is 0.339 e. The topological polar surface area (TPSA) is 29.5 Å². The van der Waals surface area contributed by atoms with Crippen LogP contribution in [0.15, 0.2) is 61.2 Å². The molecular weight excluding hydrogens is 272 g/mol. The van der Waals surface area contributed by atoms with Crippen molar-refractivity contribution in [3.8, 4) is 5.75 Å². The van der Waals surface area contributed by atoms with Crippen molar-refractivity contribution in [3.05, 3.63) is 66.8 Å². The van der Waals surface area contributed by atoms with Crippen molar-refractivity contribution in [2.24, 2.45) is 0 Å². The summed E-state index contributed by atoms with van der Waals surface area (Å²) in [6.45, 7) is 15.3. The Morgan fingerprint density at radius 1 is 1.00 bits per heavy atom. The van der Waals surface area contributed by atoms with Gasteiger partial charge in [0.25, 0.3) is 0 Å². The predicted molar refractivity (Wildman–Crippen MR) is 99.6 cm³/mol. The molecule has 0 saturated heterocycles. The van der Waals surface area contributed by atoms with Crippen LogP contribution in [-0.4, -0.2) is 5.26 Å². The van der Waals surface area contributed by atoms with E-state index in [4.69, 9.17) is 5.26 Å². The van der Waals surface area contributed by atoms with E-state index in [1.54, 1.807) is 6.08 Å². The molecule has 2 nitrogen and oxygen atoms in total. The maximum atomic E-state index is 8.72. The van der Waals surface area contributed by atoms with E-state index in [-0.39, 0.29) is 0 Å². The molecule has 0 amide bonds. The average molecular weight is 302 g/mol. The Kier molecular flexibility index (Phi) is 15.5. The highest BCUT2D eigenvalue weighted by Crippen LogP contribution is 2.28. The third-order valence-corrected chi connectivity index (χ3v) is 2.50. The fourth-order valence-electron chi connectivity index (χ4n) is 1.61. The highest BCUT2D eigenvalue weighted by Gasteiger charge is 2.04. The zero-order chi connectivity index (χ0) is 17.4. The van der Waals surface area contributed by atoms with Crippen molar-refractivity contribution in [1.82, 2.24) is 0 Å². The lowest BCUT2D eigenvalue weighted by Crippen LogP contribution is -1.88. The van der Waals surface area contributed by atoms with Gasteiger partial charge in [0.2, 0.25) is 0 Å². The van der Waals surface area contributed by atoms with Crippen LogP contribution in [0.1, 0.15) is 40.2 Å². The van der Waals surface area contributed by atoms with Crippen LogP contribution in [-0.2, 0) is 0 Å². The summed E-state index contributed by atoms with van der Waals surface area (Å²) in [6.07, 6.45) is 5.58. The Hall–Kier alpha value is -2.06. The van der Waals surface area contributed by atoms with Gasteiger partial charge >= 0.3 is 0 Å². The Morgan fingerprint density at radius 3 is 2.05 bits per heavy atom. The van der Waals surface area contributed by atoms with Gasteiger partial charge in [0.1, 0.15) is 0 Å². The minimum Gasteiger partial charge on any atom is -0.339 e. The van der Waals surface area contributed by atoms with Crippen LogP contribution >= 0.6 is 0 Å². The molecule has 0 unspecified atom stereocenters. The molecular formula is C20H30O2. The summed E-state index contributed by atoms with van der Waals surface area (Å²) in [5.74, 6) is 0.540. The molecule has 0 heterocycles. The summed E-state index contributed by atoms with van der Waals surface area (Å²) in [7, 11) is 0. The molecule has 0 aromatic heterocycles. The van der Waals surface area contributed by atoms with Crippen molar-refractivity contribution in [2.75, 3.05) is 0 Å². The molecule has 0 aliphatic rings. The van der Waals surface area contributed by atoms with Crippen LogP contribution in [0.25, 0.3) is 10.8 Å². The van der Waals surface area contributed by atoms with Gasteiger partial charge < -0.3 is 4.89 Å². The highest BCUT2D eigenvalue weighted by molar-refractivity contribution is 5.89. The first-order chi connectivity index (χ1) is 10.7. The lowest BCUT2D eigenvalue weighted by Gasteiger charge is -2.05. The maximum absolute atomic E-state index is 8.72. The summed E-state index contributed by atoms with van der Waals surface area (Å²) < 4.78 is 0. The molecule has 0 aliphatic heterocycles. The van der Waals surface area contributed by atoms with Crippen LogP contribution in [0, 0.1) is 6.92 Å². The zero-order valence-electron chi connectivity index (χ0n) is 14.8. The van der Waals surface area contributed by atoms with E-state index in [0.29, 0.717) is 5.75 Å². The van der Waals surface area contributed by atoms with E-state index >= 15 is 0 Å². The third-order valence-electron chi connectivity index (χ3n) is 2.50. The number of allylic oxidation sites excluding steroid dienone is 3. The number of aryl methyl sites for hydroxylation is 1. The second-order valence-electron chi connectivity index (χ2n) is 3.79. The van der Waals surface area contributed by atoms with Crippen molar-refractivity contribution in [2.45, 2.75) is 41.5 Å². The molecule has 0 saturated carbocycles. The van der Waals surface area contributed by atoms with Crippen LogP contribution in [0.2, 0.25) is 0 Å². The number of hydrogen-bond donors (Lipinski definition) is 1. The van der Waals surface area contributed by atoms with E-state index < -0.39 is 0 Å². The van der Waals surface area contributed by atoms with Gasteiger partial charge in [-0.1, -0.05) is 88.9 Å². The Labute approximate surface area is 135 Å². The highest BCUT2D eigenvalue weighted by atomic mass is 17.1. The summed E-state index contributed by atoms with van der Waals surface area (Å²) in [5, 5.41) is 10.7. The molecule has 1 N–H and O–H groups in total. The Balaban J connectivity index is 0. The summed E-state index contributed by atoms with van der Waals surface area (Å²) in [5.41, 5.74) is 0.932. The Morgan fingerprint density at radius 2 is 1.59 bits per heavy atom. The molecule has 2 heteroatoms. The Bertz CT molecular complexity index is 542. The van der Waals surface area contributed by atoms with E-state index in [9.17, 15) is 0 Å². The minimum atomic E-state index is 0.540. The molecule has 2 aromatic rings. The SMILES string of the molecule is C=C/C=C\C.CC.CC.Cc1ccc2ccccc2c1OO. The van der Waals surface area contributed by atoms with E-state index in [1.165, 1.54) is 0 Å². The van der Waals surface area contributed by atoms with Gasteiger partial charge in [-0.15, -0.1) is 0 Å². The van der Waals surface area contributed by atoms with Crippen molar-refractivity contribution >= 4 is 10.8 Å². The minimum absolute atomic E-state index is 0.540.